The van der Waals surface area contributed by atoms with Crippen LogP contribution in [0.5, 0.6) is 11.5 Å². The summed E-state index contributed by atoms with van der Waals surface area (Å²) in [7, 11) is 0.421. The molecule has 31 heavy (non-hydrogen) atoms. The third kappa shape index (κ3) is 7.51. The smallest absolute Gasteiger partial charge is 0.267 e. The van der Waals surface area contributed by atoms with Gasteiger partial charge in [-0.3, -0.25) is 9.52 Å². The van der Waals surface area contributed by atoms with Crippen molar-refractivity contribution < 1.29 is 22.7 Å². The molecule has 0 saturated heterocycles. The molecule has 0 bridgehead atoms. The minimum Gasteiger partial charge on any atom is -0.496 e. The normalized spacial score (nSPS) is 10.5. The Morgan fingerprint density at radius 1 is 1.10 bits per heavy atom. The van der Waals surface area contributed by atoms with Crippen LogP contribution < -0.4 is 24.8 Å². The number of benzene rings is 2. The van der Waals surface area contributed by atoms with Gasteiger partial charge >= 0.3 is 0 Å². The molecule has 8 nitrogen and oxygen atoms in total. The van der Waals surface area contributed by atoms with E-state index in [0.717, 1.165) is 0 Å². The summed E-state index contributed by atoms with van der Waals surface area (Å²) in [6, 6.07) is 9.51. The fraction of sp³-hybridized carbons (Fsp3) is 0.263. The van der Waals surface area contributed by atoms with Crippen LogP contribution in [0.2, 0.25) is 5.02 Å². The zero-order valence-corrected chi connectivity index (χ0v) is 22.0. The quantitative estimate of drug-likeness (QED) is 0.379. The SMILES string of the molecule is CNC(=S)NS(=O)(=O)c1cc(CCNC(=O)c2cc(Cl)ccc2OC)ccc1OC.[Na]. The van der Waals surface area contributed by atoms with Crippen LogP contribution >= 0.6 is 23.8 Å². The molecule has 0 aliphatic carbocycles. The Labute approximate surface area is 214 Å². The Morgan fingerprint density at radius 3 is 2.35 bits per heavy atom. The number of ether oxygens (including phenoxy) is 2. The van der Waals surface area contributed by atoms with Gasteiger partial charge in [-0.25, -0.2) is 8.42 Å². The zero-order chi connectivity index (χ0) is 22.3. The number of thiocarbonyl (C=S) groups is 1. The molecule has 0 atom stereocenters. The Kier molecular flexibility index (Phi) is 11.1. The first-order chi connectivity index (χ1) is 14.2. The van der Waals surface area contributed by atoms with Gasteiger partial charge in [-0.05, 0) is 54.5 Å². The Bertz CT molecular complexity index is 1050. The molecule has 1 radical (unpaired) electrons. The molecular formula is C19H22ClN3NaO5S2. The van der Waals surface area contributed by atoms with E-state index in [9.17, 15) is 13.2 Å². The molecule has 3 N–H and O–H groups in total. The van der Waals surface area contributed by atoms with E-state index in [1.165, 1.54) is 33.4 Å². The van der Waals surface area contributed by atoms with Gasteiger partial charge in [0.15, 0.2) is 5.11 Å². The summed E-state index contributed by atoms with van der Waals surface area (Å²) in [5.41, 5.74) is 0.998. The first kappa shape index (κ1) is 27.5. The standard InChI is InChI=1S/C19H22ClN3O5S2.Na/c1-21-19(29)23-30(25,26)17-10-12(4-6-16(17)28-3)8-9-22-18(24)14-11-13(20)5-7-15(14)27-2;/h4-7,10-11H,8-9H2,1-3H3,(H,22,24)(H2,21,23,29);. The minimum atomic E-state index is -3.93. The monoisotopic (exact) mass is 494 g/mol. The van der Waals surface area contributed by atoms with E-state index in [1.807, 2.05) is 0 Å². The number of hydrogen-bond donors (Lipinski definition) is 3. The summed E-state index contributed by atoms with van der Waals surface area (Å²) in [6.45, 7) is 0.267. The van der Waals surface area contributed by atoms with Crippen molar-refractivity contribution in [2.45, 2.75) is 11.3 Å². The summed E-state index contributed by atoms with van der Waals surface area (Å²) in [5.74, 6) is 0.232. The first-order valence-corrected chi connectivity index (χ1v) is 11.0. The van der Waals surface area contributed by atoms with Crippen LogP contribution in [0.3, 0.4) is 0 Å². The van der Waals surface area contributed by atoms with Gasteiger partial charge < -0.3 is 20.1 Å². The fourth-order valence-electron chi connectivity index (χ4n) is 2.59. The number of carbonyl (C=O) groups is 1. The average Bonchev–Trinajstić information content (AvgIpc) is 2.73. The van der Waals surface area contributed by atoms with E-state index in [2.05, 4.69) is 15.4 Å². The molecule has 0 spiro atoms. The molecule has 0 aliphatic heterocycles. The average molecular weight is 495 g/mol. The molecule has 2 aromatic carbocycles. The van der Waals surface area contributed by atoms with Crippen LogP contribution in [0.25, 0.3) is 0 Å². The van der Waals surface area contributed by atoms with Crippen molar-refractivity contribution in [3.8, 4) is 11.5 Å². The summed E-state index contributed by atoms with van der Waals surface area (Å²) >= 11 is 10.8. The van der Waals surface area contributed by atoms with Gasteiger partial charge in [0.05, 0.1) is 19.8 Å². The number of amides is 1. The molecule has 1 amide bonds. The molecular weight excluding hydrogens is 473 g/mol. The summed E-state index contributed by atoms with van der Waals surface area (Å²) in [5, 5.41) is 5.70. The van der Waals surface area contributed by atoms with E-state index in [1.54, 1.807) is 24.3 Å². The number of hydrogen-bond acceptors (Lipinski definition) is 6. The van der Waals surface area contributed by atoms with Crippen LogP contribution in [-0.4, -0.2) is 76.8 Å². The predicted molar refractivity (Wildman–Crippen MR) is 125 cm³/mol. The third-order valence-corrected chi connectivity index (χ3v) is 6.12. The van der Waals surface area contributed by atoms with Crippen LogP contribution in [0.4, 0.5) is 0 Å². The van der Waals surface area contributed by atoms with Crippen molar-refractivity contribution in [3.05, 3.63) is 52.5 Å². The Hall–Kier alpha value is -1.56. The molecule has 0 unspecified atom stereocenters. The van der Waals surface area contributed by atoms with Gasteiger partial charge in [0.25, 0.3) is 15.9 Å². The van der Waals surface area contributed by atoms with Crippen LogP contribution in [0, 0.1) is 0 Å². The number of nitrogens with one attached hydrogen (secondary N) is 3. The van der Waals surface area contributed by atoms with Crippen LogP contribution in [-0.2, 0) is 16.4 Å². The van der Waals surface area contributed by atoms with Gasteiger partial charge in [-0.1, -0.05) is 17.7 Å². The van der Waals surface area contributed by atoms with E-state index >= 15 is 0 Å². The van der Waals surface area contributed by atoms with E-state index in [-0.39, 0.29) is 57.8 Å². The van der Waals surface area contributed by atoms with Crippen molar-refractivity contribution in [2.75, 3.05) is 27.8 Å². The minimum absolute atomic E-state index is 0. The molecule has 0 heterocycles. The number of rotatable bonds is 8. The van der Waals surface area contributed by atoms with Crippen molar-refractivity contribution in [3.63, 3.8) is 0 Å². The maximum Gasteiger partial charge on any atom is 0.267 e. The predicted octanol–water partition coefficient (Wildman–Crippen LogP) is 1.73. The van der Waals surface area contributed by atoms with E-state index < -0.39 is 10.0 Å². The fourth-order valence-corrected chi connectivity index (χ4v) is 4.27. The molecule has 0 saturated carbocycles. The molecule has 2 rings (SSSR count). The van der Waals surface area contributed by atoms with Crippen molar-refractivity contribution in [1.29, 1.82) is 0 Å². The molecule has 2 aromatic rings. The number of sulfonamides is 1. The van der Waals surface area contributed by atoms with Gasteiger partial charge in [-0.2, -0.15) is 0 Å². The van der Waals surface area contributed by atoms with Crippen molar-refractivity contribution in [2.24, 2.45) is 0 Å². The van der Waals surface area contributed by atoms with Gasteiger partial charge in [-0.15, -0.1) is 0 Å². The second-order valence-electron chi connectivity index (χ2n) is 6.02. The van der Waals surface area contributed by atoms with Crippen LogP contribution in [0.15, 0.2) is 41.3 Å². The summed E-state index contributed by atoms with van der Waals surface area (Å²) in [4.78, 5) is 12.4. The second kappa shape index (κ2) is 12.5. The summed E-state index contributed by atoms with van der Waals surface area (Å²) in [6.07, 6.45) is 0.387. The molecule has 0 aliphatic rings. The van der Waals surface area contributed by atoms with Gasteiger partial charge in [0, 0.05) is 48.2 Å². The molecule has 0 aromatic heterocycles. The number of carbonyl (C=O) groups excluding carboxylic acids is 1. The first-order valence-electron chi connectivity index (χ1n) is 8.75. The van der Waals surface area contributed by atoms with Crippen molar-refractivity contribution >= 4 is 74.4 Å². The van der Waals surface area contributed by atoms with Gasteiger partial charge in [0.1, 0.15) is 16.4 Å². The van der Waals surface area contributed by atoms with Gasteiger partial charge in [0.2, 0.25) is 0 Å². The largest absolute Gasteiger partial charge is 0.496 e. The van der Waals surface area contributed by atoms with E-state index in [4.69, 9.17) is 33.3 Å². The Morgan fingerprint density at radius 2 is 1.74 bits per heavy atom. The van der Waals surface area contributed by atoms with E-state index in [0.29, 0.717) is 28.3 Å². The molecule has 12 heteroatoms. The molecule has 0 fully saturated rings. The second-order valence-corrected chi connectivity index (χ2v) is 8.52. The topological polar surface area (TPSA) is 106 Å². The summed E-state index contributed by atoms with van der Waals surface area (Å²) < 4.78 is 37.8. The third-order valence-electron chi connectivity index (χ3n) is 4.08. The zero-order valence-electron chi connectivity index (χ0n) is 17.6. The molecule has 163 valence electrons. The number of halogens is 1. The Balaban J connectivity index is 0.00000480. The van der Waals surface area contributed by atoms with Crippen LogP contribution in [0.1, 0.15) is 15.9 Å². The maximum absolute atomic E-state index is 12.6. The number of methoxy groups -OCH3 is 2. The maximum atomic E-state index is 12.6. The van der Waals surface area contributed by atoms with Crippen molar-refractivity contribution in [1.82, 2.24) is 15.4 Å².